The van der Waals surface area contributed by atoms with E-state index in [-0.39, 0.29) is 0 Å². The van der Waals surface area contributed by atoms with E-state index in [4.69, 9.17) is 5.73 Å². The molecule has 0 aromatic carbocycles. The molecular weight excluding hydrogens is 200 g/mol. The highest BCUT2D eigenvalue weighted by atomic mass is 15.2. The molecule has 1 heterocycles. The van der Waals surface area contributed by atoms with Crippen LogP contribution in [-0.4, -0.2) is 22.4 Å². The average molecular weight is 222 g/mol. The van der Waals surface area contributed by atoms with Crippen LogP contribution in [0.5, 0.6) is 0 Å². The smallest absolute Gasteiger partial charge is 0.0534 e. The van der Waals surface area contributed by atoms with Gasteiger partial charge >= 0.3 is 0 Å². The zero-order chi connectivity index (χ0) is 11.4. The minimum atomic E-state index is 0.596. The molecule has 0 aliphatic heterocycles. The third-order valence-electron chi connectivity index (χ3n) is 3.54. The van der Waals surface area contributed by atoms with Crippen molar-refractivity contribution in [3.63, 3.8) is 0 Å². The van der Waals surface area contributed by atoms with Crippen molar-refractivity contribution in [2.75, 3.05) is 6.54 Å². The molecule has 1 aromatic heterocycles. The molecule has 16 heavy (non-hydrogen) atoms. The van der Waals surface area contributed by atoms with Crippen LogP contribution in [0, 0.1) is 5.92 Å². The Morgan fingerprint density at radius 2 is 2.31 bits per heavy atom. The Hall–Kier alpha value is -0.870. The van der Waals surface area contributed by atoms with E-state index in [0.29, 0.717) is 12.0 Å². The summed E-state index contributed by atoms with van der Waals surface area (Å²) in [6.45, 7) is 1.72. The Morgan fingerprint density at radius 3 is 3.00 bits per heavy atom. The van der Waals surface area contributed by atoms with Crippen molar-refractivity contribution >= 4 is 0 Å². The summed E-state index contributed by atoms with van der Waals surface area (Å²) < 4.78 is 1.85. The van der Waals surface area contributed by atoms with E-state index >= 15 is 0 Å². The fourth-order valence-electron chi connectivity index (χ4n) is 2.57. The number of hydrogen-bond acceptors (Lipinski definition) is 3. The van der Waals surface area contributed by atoms with Gasteiger partial charge in [0.2, 0.25) is 0 Å². The van der Waals surface area contributed by atoms with Gasteiger partial charge in [-0.05, 0) is 25.3 Å². The molecule has 0 radical (unpaired) electrons. The average Bonchev–Trinajstić information content (AvgIpc) is 2.73. The number of nitrogens with two attached hydrogens (primary N) is 1. The topological polar surface area (TPSA) is 55.9 Å². The molecule has 2 rings (SSSR count). The standard InChI is InChI=1S/C12H22N4/c1-16-9-10(8-15-16)7-14-12-5-3-2-4-11(12)6-13/h8-9,11-12,14H,2-7,13H2,1H3. The van der Waals surface area contributed by atoms with E-state index < -0.39 is 0 Å². The van der Waals surface area contributed by atoms with Crippen LogP contribution in [-0.2, 0) is 13.6 Å². The lowest BCUT2D eigenvalue weighted by Crippen LogP contribution is -2.41. The van der Waals surface area contributed by atoms with Crippen molar-refractivity contribution in [2.45, 2.75) is 38.3 Å². The third kappa shape index (κ3) is 2.83. The van der Waals surface area contributed by atoms with Gasteiger partial charge in [0.1, 0.15) is 0 Å². The van der Waals surface area contributed by atoms with Gasteiger partial charge in [0.25, 0.3) is 0 Å². The molecule has 4 nitrogen and oxygen atoms in total. The molecule has 1 aliphatic rings. The second-order valence-corrected chi connectivity index (χ2v) is 4.79. The lowest BCUT2D eigenvalue weighted by molar-refractivity contribution is 0.267. The minimum absolute atomic E-state index is 0.596. The first-order chi connectivity index (χ1) is 7.79. The normalized spacial score (nSPS) is 25.9. The summed E-state index contributed by atoms with van der Waals surface area (Å²) in [4.78, 5) is 0. The van der Waals surface area contributed by atoms with E-state index in [1.54, 1.807) is 0 Å². The van der Waals surface area contributed by atoms with Gasteiger partial charge in [0.05, 0.1) is 6.20 Å². The number of nitrogens with one attached hydrogen (secondary N) is 1. The van der Waals surface area contributed by atoms with Gasteiger partial charge in [-0.2, -0.15) is 5.10 Å². The van der Waals surface area contributed by atoms with Crippen LogP contribution in [0.4, 0.5) is 0 Å². The third-order valence-corrected chi connectivity index (χ3v) is 3.54. The number of aromatic nitrogens is 2. The summed E-state index contributed by atoms with van der Waals surface area (Å²) in [6, 6.07) is 0.596. The van der Waals surface area contributed by atoms with Gasteiger partial charge in [0.15, 0.2) is 0 Å². The SMILES string of the molecule is Cn1cc(CNC2CCCCC2CN)cn1. The molecule has 1 fully saturated rings. The first-order valence-corrected chi connectivity index (χ1v) is 6.20. The van der Waals surface area contributed by atoms with Crippen molar-refractivity contribution < 1.29 is 0 Å². The monoisotopic (exact) mass is 222 g/mol. The summed E-state index contributed by atoms with van der Waals surface area (Å²) >= 11 is 0. The number of hydrogen-bond donors (Lipinski definition) is 2. The first-order valence-electron chi connectivity index (χ1n) is 6.20. The molecule has 1 saturated carbocycles. The molecule has 0 amide bonds. The zero-order valence-corrected chi connectivity index (χ0v) is 10.0. The summed E-state index contributed by atoms with van der Waals surface area (Å²) in [5.41, 5.74) is 7.06. The summed E-state index contributed by atoms with van der Waals surface area (Å²) in [6.07, 6.45) is 9.21. The zero-order valence-electron chi connectivity index (χ0n) is 10.0. The van der Waals surface area contributed by atoms with Gasteiger partial charge in [-0.3, -0.25) is 4.68 Å². The van der Waals surface area contributed by atoms with Crippen LogP contribution in [0.3, 0.4) is 0 Å². The van der Waals surface area contributed by atoms with Gasteiger partial charge in [-0.25, -0.2) is 0 Å². The Labute approximate surface area is 97.2 Å². The van der Waals surface area contributed by atoms with Crippen LogP contribution < -0.4 is 11.1 Å². The Bertz CT molecular complexity index is 321. The van der Waals surface area contributed by atoms with E-state index in [1.165, 1.54) is 31.2 Å². The lowest BCUT2D eigenvalue weighted by Gasteiger charge is -2.31. The minimum Gasteiger partial charge on any atom is -0.330 e. The van der Waals surface area contributed by atoms with Crippen LogP contribution in [0.25, 0.3) is 0 Å². The molecule has 0 spiro atoms. The second kappa shape index (κ2) is 5.46. The van der Waals surface area contributed by atoms with E-state index in [0.717, 1.165) is 13.1 Å². The number of nitrogens with zero attached hydrogens (tertiary/aromatic N) is 2. The van der Waals surface area contributed by atoms with Crippen LogP contribution in [0.2, 0.25) is 0 Å². The highest BCUT2D eigenvalue weighted by molar-refractivity contribution is 5.03. The van der Waals surface area contributed by atoms with Crippen LogP contribution in [0.1, 0.15) is 31.2 Å². The quantitative estimate of drug-likeness (QED) is 0.800. The highest BCUT2D eigenvalue weighted by Gasteiger charge is 2.23. The molecule has 0 bridgehead atoms. The summed E-state index contributed by atoms with van der Waals surface area (Å²) in [7, 11) is 1.95. The Balaban J connectivity index is 1.84. The van der Waals surface area contributed by atoms with Crippen molar-refractivity contribution in [3.05, 3.63) is 18.0 Å². The van der Waals surface area contributed by atoms with E-state index in [9.17, 15) is 0 Å². The molecule has 4 heteroatoms. The van der Waals surface area contributed by atoms with Crippen molar-refractivity contribution in [3.8, 4) is 0 Å². The molecule has 1 aromatic rings. The Morgan fingerprint density at radius 1 is 1.50 bits per heavy atom. The first kappa shape index (κ1) is 11.6. The molecule has 2 unspecified atom stereocenters. The maximum atomic E-state index is 5.81. The molecule has 3 N–H and O–H groups in total. The maximum absolute atomic E-state index is 5.81. The molecule has 1 aliphatic carbocycles. The summed E-state index contributed by atoms with van der Waals surface area (Å²) in [5, 5.41) is 7.79. The van der Waals surface area contributed by atoms with Gasteiger partial charge < -0.3 is 11.1 Å². The Kier molecular flexibility index (Phi) is 3.96. The second-order valence-electron chi connectivity index (χ2n) is 4.79. The summed E-state index contributed by atoms with van der Waals surface area (Å²) in [5.74, 6) is 0.658. The lowest BCUT2D eigenvalue weighted by atomic mass is 9.84. The predicted octanol–water partition coefficient (Wildman–Crippen LogP) is 1.03. The van der Waals surface area contributed by atoms with E-state index in [1.807, 2.05) is 17.9 Å². The van der Waals surface area contributed by atoms with Gasteiger partial charge in [-0.15, -0.1) is 0 Å². The van der Waals surface area contributed by atoms with Crippen molar-refractivity contribution in [2.24, 2.45) is 18.7 Å². The van der Waals surface area contributed by atoms with Gasteiger partial charge in [-0.1, -0.05) is 12.8 Å². The van der Waals surface area contributed by atoms with Gasteiger partial charge in [0, 0.05) is 31.4 Å². The van der Waals surface area contributed by atoms with E-state index in [2.05, 4.69) is 16.6 Å². The van der Waals surface area contributed by atoms with Crippen molar-refractivity contribution in [1.82, 2.24) is 15.1 Å². The van der Waals surface area contributed by atoms with Crippen LogP contribution >= 0.6 is 0 Å². The fraction of sp³-hybridized carbons (Fsp3) is 0.750. The molecular formula is C12H22N4. The predicted molar refractivity (Wildman–Crippen MR) is 64.8 cm³/mol. The molecule has 90 valence electrons. The largest absolute Gasteiger partial charge is 0.330 e. The molecule has 2 atom stereocenters. The number of rotatable bonds is 4. The number of aryl methyl sites for hydroxylation is 1. The van der Waals surface area contributed by atoms with Crippen molar-refractivity contribution in [1.29, 1.82) is 0 Å². The maximum Gasteiger partial charge on any atom is 0.0534 e. The van der Waals surface area contributed by atoms with Crippen LogP contribution in [0.15, 0.2) is 12.4 Å². The molecule has 0 saturated heterocycles. The fourth-order valence-corrected chi connectivity index (χ4v) is 2.57. The highest BCUT2D eigenvalue weighted by Crippen LogP contribution is 2.23.